The molecule has 1 nitrogen and oxygen atoms in total. The lowest BCUT2D eigenvalue weighted by atomic mass is 10.1. The number of aryl methyl sites for hydroxylation is 1. The Hall–Kier alpha value is -1.60. The second kappa shape index (κ2) is 7.10. The van der Waals surface area contributed by atoms with E-state index in [1.807, 2.05) is 30.5 Å². The summed E-state index contributed by atoms with van der Waals surface area (Å²) in [5.74, 6) is 0. The van der Waals surface area contributed by atoms with E-state index >= 15 is 0 Å². The van der Waals surface area contributed by atoms with E-state index in [-0.39, 0.29) is 0 Å². The van der Waals surface area contributed by atoms with Gasteiger partial charge >= 0.3 is 0 Å². The first kappa shape index (κ1) is 13.8. The molecule has 0 aromatic heterocycles. The van der Waals surface area contributed by atoms with Crippen LogP contribution in [0.1, 0.15) is 30.9 Å². The van der Waals surface area contributed by atoms with Crippen LogP contribution < -0.4 is 0 Å². The fraction of sp³-hybridized carbons (Fsp3) is 0.235. The third-order valence-corrected chi connectivity index (χ3v) is 3.24. The highest BCUT2D eigenvalue weighted by Gasteiger charge is 1.93. The molecular formula is C17H18ClN. The van der Waals surface area contributed by atoms with Crippen LogP contribution in [0.4, 0.5) is 5.69 Å². The van der Waals surface area contributed by atoms with Crippen LogP contribution >= 0.6 is 11.6 Å². The summed E-state index contributed by atoms with van der Waals surface area (Å²) < 4.78 is 0. The minimum absolute atomic E-state index is 0.748. The van der Waals surface area contributed by atoms with Gasteiger partial charge in [0.05, 0.1) is 5.69 Å². The van der Waals surface area contributed by atoms with E-state index in [1.165, 1.54) is 18.4 Å². The van der Waals surface area contributed by atoms with Crippen LogP contribution in [0.3, 0.4) is 0 Å². The smallest absolute Gasteiger partial charge is 0.0630 e. The van der Waals surface area contributed by atoms with Crippen molar-refractivity contribution in [1.29, 1.82) is 0 Å². The molecule has 0 bridgehead atoms. The summed E-state index contributed by atoms with van der Waals surface area (Å²) in [4.78, 5) is 4.46. The summed E-state index contributed by atoms with van der Waals surface area (Å²) in [6.45, 7) is 2.21. The Kier molecular flexibility index (Phi) is 5.17. The van der Waals surface area contributed by atoms with Crippen LogP contribution in [0, 0.1) is 0 Å². The molecule has 2 heteroatoms. The van der Waals surface area contributed by atoms with E-state index in [9.17, 15) is 0 Å². The molecule has 2 aromatic rings. The highest BCUT2D eigenvalue weighted by molar-refractivity contribution is 6.30. The van der Waals surface area contributed by atoms with Crippen molar-refractivity contribution in [2.75, 3.05) is 0 Å². The Bertz CT molecular complexity index is 526. The van der Waals surface area contributed by atoms with E-state index in [2.05, 4.69) is 36.2 Å². The van der Waals surface area contributed by atoms with E-state index in [0.717, 1.165) is 22.7 Å². The van der Waals surface area contributed by atoms with Gasteiger partial charge in [0.2, 0.25) is 0 Å². The quantitative estimate of drug-likeness (QED) is 0.643. The van der Waals surface area contributed by atoms with E-state index in [0.29, 0.717) is 0 Å². The average Bonchev–Trinajstić information content (AvgIpc) is 2.46. The molecule has 2 rings (SSSR count). The Balaban J connectivity index is 2.00. The predicted octanol–water partition coefficient (Wildman–Crippen LogP) is 5.43. The zero-order valence-corrected chi connectivity index (χ0v) is 11.9. The van der Waals surface area contributed by atoms with Gasteiger partial charge in [0.25, 0.3) is 0 Å². The van der Waals surface area contributed by atoms with Gasteiger partial charge in [-0.25, -0.2) is 0 Å². The molecule has 0 heterocycles. The molecule has 19 heavy (non-hydrogen) atoms. The average molecular weight is 272 g/mol. The predicted molar refractivity (Wildman–Crippen MR) is 83.8 cm³/mol. The van der Waals surface area contributed by atoms with Gasteiger partial charge in [-0.2, -0.15) is 0 Å². The van der Waals surface area contributed by atoms with Crippen molar-refractivity contribution in [1.82, 2.24) is 0 Å². The zero-order valence-electron chi connectivity index (χ0n) is 11.1. The number of nitrogens with zero attached hydrogens (tertiary/aromatic N) is 1. The van der Waals surface area contributed by atoms with Crippen LogP contribution in [0.2, 0.25) is 5.02 Å². The molecule has 0 N–H and O–H groups in total. The summed E-state index contributed by atoms with van der Waals surface area (Å²) in [5.41, 5.74) is 3.42. The molecule has 2 aromatic carbocycles. The van der Waals surface area contributed by atoms with Crippen LogP contribution in [-0.2, 0) is 6.42 Å². The number of rotatable bonds is 5. The minimum atomic E-state index is 0.748. The van der Waals surface area contributed by atoms with Gasteiger partial charge in [0.1, 0.15) is 0 Å². The van der Waals surface area contributed by atoms with Crippen molar-refractivity contribution < 1.29 is 0 Å². The second-order valence-corrected chi connectivity index (χ2v) is 5.02. The Morgan fingerprint density at radius 1 is 1.00 bits per heavy atom. The maximum atomic E-state index is 5.84. The Labute approximate surface area is 120 Å². The molecule has 0 aliphatic rings. The molecule has 0 atom stereocenters. The molecule has 0 saturated heterocycles. The fourth-order valence-electron chi connectivity index (χ4n) is 1.83. The lowest BCUT2D eigenvalue weighted by Gasteiger charge is -2.00. The molecule has 0 aliphatic carbocycles. The number of hydrogen-bond acceptors (Lipinski definition) is 1. The molecule has 0 amide bonds. The highest BCUT2D eigenvalue weighted by atomic mass is 35.5. The third kappa shape index (κ3) is 4.53. The van der Waals surface area contributed by atoms with Gasteiger partial charge in [0.15, 0.2) is 0 Å². The molecule has 0 fully saturated rings. The monoisotopic (exact) mass is 271 g/mol. The van der Waals surface area contributed by atoms with Gasteiger partial charge in [-0.15, -0.1) is 0 Å². The van der Waals surface area contributed by atoms with Gasteiger partial charge in [-0.1, -0.05) is 49.2 Å². The van der Waals surface area contributed by atoms with Crippen LogP contribution in [0.5, 0.6) is 0 Å². The SMILES string of the molecule is CCCCc1ccc(N=Cc2ccc(Cl)cc2)cc1. The number of unbranched alkanes of at least 4 members (excludes halogenated alkanes) is 1. The van der Waals surface area contributed by atoms with Crippen molar-refractivity contribution in [3.8, 4) is 0 Å². The molecule has 0 radical (unpaired) electrons. The summed E-state index contributed by atoms with van der Waals surface area (Å²) in [7, 11) is 0. The Morgan fingerprint density at radius 2 is 1.68 bits per heavy atom. The number of benzene rings is 2. The second-order valence-electron chi connectivity index (χ2n) is 4.58. The molecule has 0 spiro atoms. The molecular weight excluding hydrogens is 254 g/mol. The zero-order chi connectivity index (χ0) is 13.5. The van der Waals surface area contributed by atoms with Crippen molar-refractivity contribution in [2.24, 2.45) is 4.99 Å². The lowest BCUT2D eigenvalue weighted by Crippen LogP contribution is -1.83. The first-order chi connectivity index (χ1) is 9.28. The van der Waals surface area contributed by atoms with E-state index in [1.54, 1.807) is 0 Å². The maximum Gasteiger partial charge on any atom is 0.0630 e. The standard InChI is InChI=1S/C17H18ClN/c1-2-3-4-14-7-11-17(12-8-14)19-13-15-5-9-16(18)10-6-15/h5-13H,2-4H2,1H3. The lowest BCUT2D eigenvalue weighted by molar-refractivity contribution is 0.795. The molecule has 0 saturated carbocycles. The van der Waals surface area contributed by atoms with E-state index in [4.69, 9.17) is 11.6 Å². The fourth-order valence-corrected chi connectivity index (χ4v) is 1.95. The number of halogens is 1. The van der Waals surface area contributed by atoms with Crippen LogP contribution in [0.15, 0.2) is 53.5 Å². The first-order valence-electron chi connectivity index (χ1n) is 6.66. The third-order valence-electron chi connectivity index (χ3n) is 2.99. The highest BCUT2D eigenvalue weighted by Crippen LogP contribution is 2.15. The summed E-state index contributed by atoms with van der Waals surface area (Å²) >= 11 is 5.84. The Morgan fingerprint density at radius 3 is 2.32 bits per heavy atom. The van der Waals surface area contributed by atoms with E-state index < -0.39 is 0 Å². The van der Waals surface area contributed by atoms with Gasteiger partial charge < -0.3 is 0 Å². The summed E-state index contributed by atoms with van der Waals surface area (Å²) in [5, 5.41) is 0.748. The summed E-state index contributed by atoms with van der Waals surface area (Å²) in [6.07, 6.45) is 5.49. The van der Waals surface area contributed by atoms with Crippen LogP contribution in [-0.4, -0.2) is 6.21 Å². The minimum Gasteiger partial charge on any atom is -0.256 e. The van der Waals surface area contributed by atoms with Crippen molar-refractivity contribution in [2.45, 2.75) is 26.2 Å². The largest absolute Gasteiger partial charge is 0.256 e. The van der Waals surface area contributed by atoms with Gasteiger partial charge in [-0.05, 0) is 48.2 Å². The molecule has 0 unspecified atom stereocenters. The summed E-state index contributed by atoms with van der Waals surface area (Å²) in [6, 6.07) is 16.1. The van der Waals surface area contributed by atoms with Crippen molar-refractivity contribution >= 4 is 23.5 Å². The van der Waals surface area contributed by atoms with Crippen molar-refractivity contribution in [3.05, 3.63) is 64.7 Å². The normalized spacial score (nSPS) is 11.1. The first-order valence-corrected chi connectivity index (χ1v) is 7.04. The van der Waals surface area contributed by atoms with Gasteiger partial charge in [0, 0.05) is 11.2 Å². The molecule has 0 aliphatic heterocycles. The maximum absolute atomic E-state index is 5.84. The topological polar surface area (TPSA) is 12.4 Å². The van der Waals surface area contributed by atoms with Crippen molar-refractivity contribution in [3.63, 3.8) is 0 Å². The molecule has 98 valence electrons. The van der Waals surface area contributed by atoms with Crippen LogP contribution in [0.25, 0.3) is 0 Å². The van der Waals surface area contributed by atoms with Gasteiger partial charge in [-0.3, -0.25) is 4.99 Å². The number of aliphatic imine (C=N–C) groups is 1. The number of hydrogen-bond donors (Lipinski definition) is 0.